The van der Waals surface area contributed by atoms with Gasteiger partial charge in [-0.2, -0.15) is 0 Å². The number of hydrogen-bond donors (Lipinski definition) is 0. The number of ether oxygens (including phenoxy) is 5. The molecular formula is C17H28O6Si. The maximum absolute atomic E-state index is 6.71. The predicted molar refractivity (Wildman–Crippen MR) is 89.1 cm³/mol. The Morgan fingerprint density at radius 3 is 1.83 bits per heavy atom. The van der Waals surface area contributed by atoms with E-state index in [2.05, 4.69) is 33.9 Å². The summed E-state index contributed by atoms with van der Waals surface area (Å²) in [4.78, 5) is 0. The molecule has 0 N–H and O–H groups in total. The van der Waals surface area contributed by atoms with E-state index in [0.717, 1.165) is 0 Å². The van der Waals surface area contributed by atoms with E-state index in [1.165, 1.54) is 0 Å². The van der Waals surface area contributed by atoms with Gasteiger partial charge in [0.1, 0.15) is 36.6 Å². The Kier molecular flexibility index (Phi) is 4.19. The van der Waals surface area contributed by atoms with Gasteiger partial charge in [-0.25, -0.2) is 0 Å². The van der Waals surface area contributed by atoms with Crippen LogP contribution in [0.4, 0.5) is 0 Å². The van der Waals surface area contributed by atoms with Crippen molar-refractivity contribution in [1.29, 1.82) is 0 Å². The minimum Gasteiger partial charge on any atom is -0.408 e. The highest BCUT2D eigenvalue weighted by Crippen LogP contribution is 2.46. The van der Waals surface area contributed by atoms with Crippen LogP contribution in [0, 0.1) is 0 Å². The average molecular weight is 356 g/mol. The molecule has 1 aliphatic carbocycles. The van der Waals surface area contributed by atoms with Gasteiger partial charge in [0, 0.05) is 0 Å². The fraction of sp³-hybridized carbons (Fsp3) is 0.882. The van der Waals surface area contributed by atoms with Gasteiger partial charge in [-0.1, -0.05) is 32.9 Å². The van der Waals surface area contributed by atoms with Crippen molar-refractivity contribution in [2.45, 2.75) is 82.0 Å². The molecule has 5 rings (SSSR count). The normalized spacial score (nSPS) is 46.3. The Morgan fingerprint density at radius 2 is 1.33 bits per heavy atom. The summed E-state index contributed by atoms with van der Waals surface area (Å²) in [5.74, 6) is 0. The molecule has 4 fully saturated rings. The van der Waals surface area contributed by atoms with Crippen LogP contribution >= 0.6 is 0 Å². The lowest BCUT2D eigenvalue weighted by atomic mass is 9.82. The second-order valence-corrected chi connectivity index (χ2v) is 13.3. The predicted octanol–water partition coefficient (Wildman–Crippen LogP) is 2.20. The van der Waals surface area contributed by atoms with Gasteiger partial charge in [-0.05, 0) is 18.1 Å². The molecular weight excluding hydrogens is 328 g/mol. The molecule has 3 unspecified atom stereocenters. The van der Waals surface area contributed by atoms with Crippen LogP contribution in [0.1, 0.15) is 20.8 Å². The molecule has 0 aromatic rings. The number of hydrogen-bond acceptors (Lipinski definition) is 6. The molecule has 6 nitrogen and oxygen atoms in total. The van der Waals surface area contributed by atoms with Gasteiger partial charge >= 0.3 is 0 Å². The van der Waals surface area contributed by atoms with Crippen LogP contribution < -0.4 is 0 Å². The quantitative estimate of drug-likeness (QED) is 0.558. The summed E-state index contributed by atoms with van der Waals surface area (Å²) in [5, 5.41) is 0.111. The van der Waals surface area contributed by atoms with E-state index in [1.54, 1.807) is 0 Å². The third-order valence-corrected chi connectivity index (χ3v) is 10.4. The smallest absolute Gasteiger partial charge is 0.272 e. The topological polar surface area (TPSA) is 55.4 Å². The lowest BCUT2D eigenvalue weighted by Crippen LogP contribution is -2.77. The molecule has 5 aliphatic rings. The molecule has 136 valence electrons. The van der Waals surface area contributed by atoms with Crippen molar-refractivity contribution in [3.8, 4) is 0 Å². The summed E-state index contributed by atoms with van der Waals surface area (Å²) in [7, 11) is -1.98. The van der Waals surface area contributed by atoms with Crippen LogP contribution in [0.15, 0.2) is 12.2 Å². The second kappa shape index (κ2) is 5.87. The standard InChI is InChI=1S/C17H28O6Si/c1-17(2,3)24(4,5)23-15-13-10-12-11(19-9-7-6-8-18-10)14(15)22-16(20-12)21-13/h6-7,10-16H,8-9H2,1-5H3/b7-6-/t10-,11+,12?,13+,14-,15?,16?. The van der Waals surface area contributed by atoms with Gasteiger partial charge in [0.05, 0.1) is 13.2 Å². The van der Waals surface area contributed by atoms with Gasteiger partial charge in [0.2, 0.25) is 0 Å². The Bertz CT molecular complexity index is 488. The molecule has 6 bridgehead atoms. The first-order valence-corrected chi connectivity index (χ1v) is 11.7. The molecule has 0 amide bonds. The van der Waals surface area contributed by atoms with E-state index in [-0.39, 0.29) is 41.7 Å². The van der Waals surface area contributed by atoms with E-state index in [9.17, 15) is 0 Å². The van der Waals surface area contributed by atoms with Crippen LogP contribution in [0.5, 0.6) is 0 Å². The zero-order valence-electron chi connectivity index (χ0n) is 15.1. The molecule has 4 heterocycles. The Hall–Kier alpha value is -0.283. The van der Waals surface area contributed by atoms with E-state index < -0.39 is 14.8 Å². The highest BCUT2D eigenvalue weighted by atomic mass is 28.4. The largest absolute Gasteiger partial charge is 0.408 e. The van der Waals surface area contributed by atoms with E-state index >= 15 is 0 Å². The van der Waals surface area contributed by atoms with Crippen molar-refractivity contribution in [1.82, 2.24) is 0 Å². The summed E-state index contributed by atoms with van der Waals surface area (Å²) in [6.07, 6.45) is 2.88. The maximum atomic E-state index is 6.71. The Balaban J connectivity index is 1.64. The first kappa shape index (κ1) is 17.1. The molecule has 1 saturated carbocycles. The molecule has 7 atom stereocenters. The molecule has 0 aromatic carbocycles. The van der Waals surface area contributed by atoms with Crippen LogP contribution in [-0.4, -0.2) is 64.6 Å². The highest BCUT2D eigenvalue weighted by Gasteiger charge is 2.64. The van der Waals surface area contributed by atoms with Crippen LogP contribution in [0.3, 0.4) is 0 Å². The SMILES string of the molecule is CC(C)(C)[Si](C)(C)OC1[C@H]2OC3OC4[C@H]2OC/C=C\CO[C@@H]4[C@H]1O3. The summed E-state index contributed by atoms with van der Waals surface area (Å²) in [5.41, 5.74) is 0. The van der Waals surface area contributed by atoms with Gasteiger partial charge in [0.15, 0.2) is 8.32 Å². The van der Waals surface area contributed by atoms with Gasteiger partial charge in [-0.3, -0.25) is 0 Å². The minimum atomic E-state index is -1.98. The van der Waals surface area contributed by atoms with Crippen LogP contribution in [-0.2, 0) is 28.1 Å². The third kappa shape index (κ3) is 2.70. The monoisotopic (exact) mass is 356 g/mol. The number of rotatable bonds is 2. The summed E-state index contributed by atoms with van der Waals surface area (Å²) in [6, 6.07) is 0. The zero-order valence-corrected chi connectivity index (χ0v) is 16.1. The van der Waals surface area contributed by atoms with Gasteiger partial charge < -0.3 is 28.1 Å². The van der Waals surface area contributed by atoms with Crippen molar-refractivity contribution in [2.24, 2.45) is 0 Å². The third-order valence-electron chi connectivity index (χ3n) is 5.92. The molecule has 3 saturated heterocycles. The summed E-state index contributed by atoms with van der Waals surface area (Å²) < 4.78 is 36.6. The molecule has 0 aromatic heterocycles. The molecule has 0 radical (unpaired) electrons. The van der Waals surface area contributed by atoms with Crippen LogP contribution in [0.25, 0.3) is 0 Å². The van der Waals surface area contributed by atoms with E-state index in [4.69, 9.17) is 28.1 Å². The van der Waals surface area contributed by atoms with Gasteiger partial charge in [0.25, 0.3) is 6.48 Å². The van der Waals surface area contributed by atoms with Crippen molar-refractivity contribution in [2.75, 3.05) is 13.2 Å². The van der Waals surface area contributed by atoms with E-state index in [0.29, 0.717) is 13.2 Å². The van der Waals surface area contributed by atoms with E-state index in [1.807, 2.05) is 12.2 Å². The highest BCUT2D eigenvalue weighted by molar-refractivity contribution is 6.74. The lowest BCUT2D eigenvalue weighted by Gasteiger charge is -2.60. The average Bonchev–Trinajstić information content (AvgIpc) is 2.58. The van der Waals surface area contributed by atoms with Crippen molar-refractivity contribution >= 4 is 8.32 Å². The Morgan fingerprint density at radius 1 is 0.833 bits per heavy atom. The second-order valence-electron chi connectivity index (χ2n) is 8.50. The first-order chi connectivity index (χ1) is 11.3. The fourth-order valence-electron chi connectivity index (χ4n) is 3.57. The minimum absolute atomic E-state index is 0.111. The zero-order chi connectivity index (χ0) is 17.1. The lowest BCUT2D eigenvalue weighted by molar-refractivity contribution is -0.483. The molecule has 7 heteroatoms. The van der Waals surface area contributed by atoms with Crippen molar-refractivity contribution < 1.29 is 28.1 Å². The Labute approximate surface area is 144 Å². The molecule has 4 aliphatic heterocycles. The fourth-order valence-corrected chi connectivity index (χ4v) is 4.87. The van der Waals surface area contributed by atoms with Crippen molar-refractivity contribution in [3.63, 3.8) is 0 Å². The van der Waals surface area contributed by atoms with Gasteiger partial charge in [-0.15, -0.1) is 0 Å². The summed E-state index contributed by atoms with van der Waals surface area (Å²) >= 11 is 0. The summed E-state index contributed by atoms with van der Waals surface area (Å²) in [6.45, 7) is 11.6. The molecule has 24 heavy (non-hydrogen) atoms. The first-order valence-electron chi connectivity index (χ1n) is 8.80. The molecule has 0 spiro atoms. The maximum Gasteiger partial charge on any atom is 0.272 e. The van der Waals surface area contributed by atoms with Crippen molar-refractivity contribution in [3.05, 3.63) is 12.2 Å². The van der Waals surface area contributed by atoms with Crippen LogP contribution in [0.2, 0.25) is 18.1 Å².